The number of benzene rings is 8. The molecule has 8 aromatic carbocycles. The third kappa shape index (κ3) is 4.70. The Balaban J connectivity index is 1.03. The lowest BCUT2D eigenvalue weighted by atomic mass is 9.66. The van der Waals surface area contributed by atoms with Gasteiger partial charge in [0.05, 0.1) is 16.5 Å². The standard InChI is InChI=1S/C62H41NOS2/c1-4-20-43-39(17-1)42-37-38(35-36-45(42)61(43)48-24-8-13-32-56(48)66-57-33-14-9-25-49(57)61)63(52-28-16-34-58-60(52)41-19-3-12-31-55(41)65-58)51-27-15-26-50-59(51)40-18-2-5-21-44(40)62(50)46-22-6-10-29-53(46)64-54-30-11-7-23-47(54)62/h1-33,35-37,41,55,58H,34H2. The molecule has 3 unspecified atom stereocenters. The van der Waals surface area contributed by atoms with Crippen LogP contribution in [0.2, 0.25) is 0 Å². The lowest BCUT2D eigenvalue weighted by Gasteiger charge is -2.40. The number of fused-ring (bicyclic) bond motifs is 21. The molecule has 66 heavy (non-hydrogen) atoms. The molecule has 312 valence electrons. The molecule has 8 aromatic rings. The summed E-state index contributed by atoms with van der Waals surface area (Å²) < 4.78 is 6.75. The van der Waals surface area contributed by atoms with Crippen LogP contribution in [0.15, 0.2) is 240 Å². The van der Waals surface area contributed by atoms with E-state index >= 15 is 0 Å². The molecule has 0 aromatic heterocycles. The summed E-state index contributed by atoms with van der Waals surface area (Å²) in [5, 5.41) is 0.814. The average Bonchev–Trinajstić information content (AvgIpc) is 4.00. The molecule has 7 aliphatic rings. The quantitative estimate of drug-likeness (QED) is 0.175. The van der Waals surface area contributed by atoms with E-state index in [9.17, 15) is 0 Å². The second-order valence-electron chi connectivity index (χ2n) is 18.4. The molecule has 3 atom stereocenters. The fourth-order valence-corrected chi connectivity index (χ4v) is 15.9. The first-order valence-electron chi connectivity index (χ1n) is 23.2. The molecule has 2 nitrogen and oxygen atoms in total. The van der Waals surface area contributed by atoms with Crippen molar-refractivity contribution in [2.75, 3.05) is 4.90 Å². The maximum Gasteiger partial charge on any atom is 0.132 e. The number of hydrogen-bond donors (Lipinski definition) is 0. The summed E-state index contributed by atoms with van der Waals surface area (Å²) in [5.41, 5.74) is 19.6. The van der Waals surface area contributed by atoms with Crippen LogP contribution in [0.1, 0.15) is 50.9 Å². The molecule has 3 aliphatic heterocycles. The van der Waals surface area contributed by atoms with Crippen molar-refractivity contribution >= 4 is 34.9 Å². The number of ether oxygens (including phenoxy) is 1. The monoisotopic (exact) mass is 879 g/mol. The summed E-state index contributed by atoms with van der Waals surface area (Å²) >= 11 is 4.03. The van der Waals surface area contributed by atoms with E-state index in [1.54, 1.807) is 0 Å². The van der Waals surface area contributed by atoms with E-state index in [4.69, 9.17) is 4.74 Å². The second kappa shape index (κ2) is 13.8. The second-order valence-corrected chi connectivity index (χ2v) is 20.9. The summed E-state index contributed by atoms with van der Waals surface area (Å²) in [6.45, 7) is 0. The van der Waals surface area contributed by atoms with Crippen molar-refractivity contribution < 1.29 is 4.74 Å². The van der Waals surface area contributed by atoms with E-state index in [0.29, 0.717) is 16.4 Å². The summed E-state index contributed by atoms with van der Waals surface area (Å²) in [4.78, 5) is 5.30. The summed E-state index contributed by atoms with van der Waals surface area (Å²) in [6, 6.07) is 68.5. The zero-order valence-electron chi connectivity index (χ0n) is 35.9. The average molecular weight is 880 g/mol. The van der Waals surface area contributed by atoms with Gasteiger partial charge in [-0.2, -0.15) is 0 Å². The summed E-state index contributed by atoms with van der Waals surface area (Å²) in [5.74, 6) is 2.14. The smallest absolute Gasteiger partial charge is 0.132 e. The van der Waals surface area contributed by atoms with Crippen molar-refractivity contribution in [1.29, 1.82) is 0 Å². The molecule has 0 saturated carbocycles. The molecule has 0 N–H and O–H groups in total. The number of hydrogen-bond acceptors (Lipinski definition) is 4. The highest BCUT2D eigenvalue weighted by Gasteiger charge is 2.53. The van der Waals surface area contributed by atoms with Crippen molar-refractivity contribution in [1.82, 2.24) is 0 Å². The van der Waals surface area contributed by atoms with Gasteiger partial charge in [-0.3, -0.25) is 0 Å². The van der Waals surface area contributed by atoms with Gasteiger partial charge in [-0.15, -0.1) is 11.8 Å². The van der Waals surface area contributed by atoms with Gasteiger partial charge in [0, 0.05) is 54.3 Å². The lowest BCUT2D eigenvalue weighted by molar-refractivity contribution is 0.436. The summed E-state index contributed by atoms with van der Waals surface area (Å²) in [7, 11) is 0. The SMILES string of the molecule is C1=CC2SC3CC=CC(N(c4ccc5c(c4)-c4ccccc4C54c5ccccc5Sc5ccccc54)c4cccc5c4-c4ccccc4C54c5ccccc5Oc5ccccc54)=C3C2C=C1. The minimum absolute atomic E-state index is 0.322. The maximum absolute atomic E-state index is 6.75. The Labute approximate surface area is 393 Å². The van der Waals surface area contributed by atoms with Crippen molar-refractivity contribution in [2.45, 2.75) is 37.5 Å². The minimum Gasteiger partial charge on any atom is -0.457 e. The molecule has 1 saturated heterocycles. The van der Waals surface area contributed by atoms with E-state index < -0.39 is 10.8 Å². The molecule has 1 fully saturated rings. The molecular formula is C62H41NOS2. The number of para-hydroxylation sites is 2. The number of allylic oxidation sites excluding steroid dienone is 5. The Morgan fingerprint density at radius 1 is 0.500 bits per heavy atom. The fraction of sp³-hybridized carbons (Fsp3) is 0.0968. The molecule has 4 aliphatic carbocycles. The first kappa shape index (κ1) is 37.3. The highest BCUT2D eigenvalue weighted by Crippen LogP contribution is 2.66. The van der Waals surface area contributed by atoms with Crippen molar-refractivity contribution in [3.05, 3.63) is 274 Å². The van der Waals surface area contributed by atoms with Crippen molar-refractivity contribution in [2.24, 2.45) is 5.92 Å². The first-order chi connectivity index (χ1) is 32.7. The van der Waals surface area contributed by atoms with Crippen LogP contribution < -0.4 is 9.64 Å². The van der Waals surface area contributed by atoms with Gasteiger partial charge in [-0.25, -0.2) is 0 Å². The van der Waals surface area contributed by atoms with E-state index in [-0.39, 0.29) is 0 Å². The zero-order valence-corrected chi connectivity index (χ0v) is 37.5. The maximum atomic E-state index is 6.75. The molecule has 15 rings (SSSR count). The third-order valence-corrected chi connectivity index (χ3v) is 18.1. The predicted molar refractivity (Wildman–Crippen MR) is 272 cm³/mol. The van der Waals surface area contributed by atoms with Gasteiger partial charge in [0.1, 0.15) is 11.5 Å². The van der Waals surface area contributed by atoms with Crippen LogP contribution in [0.5, 0.6) is 11.5 Å². The Bertz CT molecular complexity index is 3460. The largest absolute Gasteiger partial charge is 0.457 e. The summed E-state index contributed by atoms with van der Waals surface area (Å²) in [6.07, 6.45) is 15.3. The van der Waals surface area contributed by atoms with Gasteiger partial charge < -0.3 is 9.64 Å². The molecule has 4 heteroatoms. The van der Waals surface area contributed by atoms with Crippen LogP contribution in [0, 0.1) is 5.92 Å². The fourth-order valence-electron chi connectivity index (χ4n) is 13.1. The van der Waals surface area contributed by atoms with Crippen LogP contribution in [-0.2, 0) is 10.8 Å². The Hall–Kier alpha value is -6.98. The van der Waals surface area contributed by atoms with E-state index in [1.165, 1.54) is 99.2 Å². The van der Waals surface area contributed by atoms with Crippen LogP contribution in [0.3, 0.4) is 0 Å². The molecular weight excluding hydrogens is 839 g/mol. The van der Waals surface area contributed by atoms with Gasteiger partial charge in [0.15, 0.2) is 0 Å². The van der Waals surface area contributed by atoms with E-state index in [1.807, 2.05) is 11.8 Å². The third-order valence-electron chi connectivity index (χ3n) is 15.5. The number of rotatable bonds is 3. The van der Waals surface area contributed by atoms with Gasteiger partial charge in [0.2, 0.25) is 0 Å². The van der Waals surface area contributed by atoms with E-state index in [0.717, 1.165) is 17.9 Å². The van der Waals surface area contributed by atoms with Crippen LogP contribution in [0.4, 0.5) is 11.4 Å². The molecule has 0 amide bonds. The van der Waals surface area contributed by atoms with Gasteiger partial charge in [-0.05, 0) is 111 Å². The molecule has 0 bridgehead atoms. The topological polar surface area (TPSA) is 12.5 Å². The zero-order chi connectivity index (χ0) is 43.1. The molecule has 2 spiro atoms. The normalized spacial score (nSPS) is 20.5. The molecule has 3 heterocycles. The van der Waals surface area contributed by atoms with Crippen LogP contribution in [0.25, 0.3) is 22.3 Å². The van der Waals surface area contributed by atoms with Crippen molar-refractivity contribution in [3.8, 4) is 33.8 Å². The first-order valence-corrected chi connectivity index (χ1v) is 24.9. The predicted octanol–water partition coefficient (Wildman–Crippen LogP) is 15.6. The Morgan fingerprint density at radius 2 is 1.08 bits per heavy atom. The van der Waals surface area contributed by atoms with Crippen LogP contribution >= 0.6 is 23.5 Å². The minimum atomic E-state index is -0.573. The lowest BCUT2D eigenvalue weighted by Crippen LogP contribution is -2.32. The van der Waals surface area contributed by atoms with Crippen molar-refractivity contribution in [3.63, 3.8) is 0 Å². The Morgan fingerprint density at radius 3 is 1.82 bits per heavy atom. The van der Waals surface area contributed by atoms with Gasteiger partial charge >= 0.3 is 0 Å². The number of nitrogens with zero attached hydrogens (tertiary/aromatic N) is 1. The number of thioether (sulfide) groups is 1. The van der Waals surface area contributed by atoms with Crippen LogP contribution in [-0.4, -0.2) is 10.5 Å². The Kier molecular flexibility index (Phi) is 7.78. The molecule has 0 radical (unpaired) electrons. The highest BCUT2D eigenvalue weighted by atomic mass is 32.2. The number of anilines is 2. The van der Waals surface area contributed by atoms with E-state index in [2.05, 4.69) is 235 Å². The van der Waals surface area contributed by atoms with Gasteiger partial charge in [-0.1, -0.05) is 182 Å². The highest BCUT2D eigenvalue weighted by molar-refractivity contribution is 8.01. The van der Waals surface area contributed by atoms with Gasteiger partial charge in [0.25, 0.3) is 0 Å².